The van der Waals surface area contributed by atoms with Gasteiger partial charge in [-0.2, -0.15) is 0 Å². The van der Waals surface area contributed by atoms with Gasteiger partial charge in [0.2, 0.25) is 5.91 Å². The number of quaternary nitrogens is 1. The molecule has 84 heavy (non-hydrogen) atoms. The normalized spacial score (nSPS) is 14.3. The number of aliphatic hydroxyl groups excluding tert-OH is 1. The summed E-state index contributed by atoms with van der Waals surface area (Å²) in [7, 11) is 1.55. The van der Waals surface area contributed by atoms with Crippen molar-refractivity contribution in [3.8, 4) is 0 Å². The lowest BCUT2D eigenvalue weighted by Crippen LogP contribution is -2.45. The number of carbonyl (C=O) groups excluding carboxylic acids is 1. The Bertz CT molecular complexity index is 1740. The minimum absolute atomic E-state index is 0.0513. The van der Waals surface area contributed by atoms with Crippen LogP contribution in [0.1, 0.15) is 309 Å². The van der Waals surface area contributed by atoms with Gasteiger partial charge in [-0.3, -0.25) is 13.8 Å². The van der Waals surface area contributed by atoms with Gasteiger partial charge in [0.15, 0.2) is 0 Å². The van der Waals surface area contributed by atoms with E-state index in [1.807, 2.05) is 27.2 Å². The van der Waals surface area contributed by atoms with Crippen LogP contribution in [0.3, 0.4) is 0 Å². The van der Waals surface area contributed by atoms with E-state index in [9.17, 15) is 19.4 Å². The van der Waals surface area contributed by atoms with E-state index < -0.39 is 20.0 Å². The predicted molar refractivity (Wildman–Crippen MR) is 369 cm³/mol. The fraction of sp³-hybridized carbons (Fsp3) is 0.747. The van der Waals surface area contributed by atoms with Gasteiger partial charge in [0.1, 0.15) is 13.2 Å². The monoisotopic (exact) mass is 1190 g/mol. The van der Waals surface area contributed by atoms with E-state index in [2.05, 4.69) is 116 Å². The number of hydrogen-bond donors (Lipinski definition) is 3. The second-order valence-electron chi connectivity index (χ2n) is 24.9. The predicted octanol–water partition coefficient (Wildman–Crippen LogP) is 22.7. The van der Waals surface area contributed by atoms with Gasteiger partial charge in [-0.15, -0.1) is 0 Å². The van der Waals surface area contributed by atoms with Crippen LogP contribution >= 0.6 is 7.82 Å². The molecule has 0 aliphatic heterocycles. The molecule has 486 valence electrons. The van der Waals surface area contributed by atoms with Crippen molar-refractivity contribution in [1.29, 1.82) is 0 Å². The summed E-state index contributed by atoms with van der Waals surface area (Å²) >= 11 is 0. The van der Waals surface area contributed by atoms with Crippen molar-refractivity contribution >= 4 is 13.7 Å². The molecule has 3 unspecified atom stereocenters. The molecule has 0 saturated heterocycles. The molecule has 0 heterocycles. The molecule has 0 radical (unpaired) electrons. The number of nitrogens with zero attached hydrogens (tertiary/aromatic N) is 1. The Morgan fingerprint density at radius 2 is 0.726 bits per heavy atom. The molecule has 3 N–H and O–H groups in total. The molecule has 0 aliphatic rings. The van der Waals surface area contributed by atoms with E-state index in [1.165, 1.54) is 205 Å². The SMILES string of the molecule is CC/C=C\C/C=C\C/C=C\C/C=C\C/C=C\C/C=C\C/C=C\CCCCCCCCCCCCCC(=O)NC(COP(=O)(O)OCC[N+](C)(C)C)C(O)/C=C/CC/C=C/CCCCCCCCCCCCCCCCCCCCCCCCC. The zero-order valence-corrected chi connectivity index (χ0v) is 56.5. The Morgan fingerprint density at radius 1 is 0.417 bits per heavy atom. The van der Waals surface area contributed by atoms with Crippen LogP contribution in [0.5, 0.6) is 0 Å². The molecule has 3 atom stereocenters. The van der Waals surface area contributed by atoms with Gasteiger partial charge in [0, 0.05) is 6.42 Å². The Balaban J connectivity index is 4.15. The van der Waals surface area contributed by atoms with E-state index in [4.69, 9.17) is 9.05 Å². The Kier molecular flexibility index (Phi) is 62.4. The van der Waals surface area contributed by atoms with Gasteiger partial charge >= 0.3 is 7.82 Å². The lowest BCUT2D eigenvalue weighted by molar-refractivity contribution is -0.870. The lowest BCUT2D eigenvalue weighted by Gasteiger charge is -2.25. The van der Waals surface area contributed by atoms with Crippen molar-refractivity contribution in [2.24, 2.45) is 0 Å². The number of allylic oxidation sites excluding steroid dienone is 17. The van der Waals surface area contributed by atoms with Crippen molar-refractivity contribution in [2.75, 3.05) is 40.9 Å². The molecular weight excluding hydrogens is 1060 g/mol. The third-order valence-corrected chi connectivity index (χ3v) is 16.5. The van der Waals surface area contributed by atoms with E-state index in [0.29, 0.717) is 17.4 Å². The highest BCUT2D eigenvalue weighted by atomic mass is 31.2. The van der Waals surface area contributed by atoms with Crippen LogP contribution in [-0.4, -0.2) is 73.4 Å². The van der Waals surface area contributed by atoms with Crippen molar-refractivity contribution in [3.63, 3.8) is 0 Å². The Morgan fingerprint density at radius 3 is 1.10 bits per heavy atom. The molecular formula is C75H136N2O6P+. The maximum Gasteiger partial charge on any atom is 0.472 e. The smallest absolute Gasteiger partial charge is 0.387 e. The maximum atomic E-state index is 13.1. The summed E-state index contributed by atoms with van der Waals surface area (Å²) < 4.78 is 23.8. The number of nitrogens with one attached hydrogen (secondary N) is 1. The standard InChI is InChI=1S/C75H135N2O6P/c1-6-8-10-12-14-16-18-20-22-24-26-28-30-32-34-36-37-38-39-41-43-45-47-49-51-53-55-57-59-61-63-65-67-69-75(79)76-73(72-83-84(80,81)82-71-70-77(3,4)5)74(78)68-66-64-62-60-58-56-54-52-50-48-46-44-42-40-35-33-31-29-27-25-23-21-19-17-15-13-11-9-7-2/h8,10,14,16,20,22,26,28,32,34,37-38,41,43,58,60,66,68,73-74,78H,6-7,9,11-13,15,17-19,21,23-25,27,29-31,33,35-36,39-40,42,44-57,59,61-65,67,69-72H2,1-5H3,(H-,76,79,80,81)/p+1/b10-8-,16-14-,22-20-,28-26-,34-32-,38-37-,43-41-,60-58+,68-66+. The van der Waals surface area contributed by atoms with Crippen molar-refractivity contribution in [1.82, 2.24) is 5.32 Å². The number of aliphatic hydroxyl groups is 1. The zero-order valence-electron chi connectivity index (χ0n) is 55.6. The van der Waals surface area contributed by atoms with Crippen molar-refractivity contribution in [2.45, 2.75) is 321 Å². The zero-order chi connectivity index (χ0) is 61.2. The fourth-order valence-electron chi connectivity index (χ4n) is 10.0. The minimum atomic E-state index is -4.37. The largest absolute Gasteiger partial charge is 0.472 e. The lowest BCUT2D eigenvalue weighted by atomic mass is 10.0. The van der Waals surface area contributed by atoms with E-state index >= 15 is 0 Å². The van der Waals surface area contributed by atoms with Gasteiger partial charge in [-0.25, -0.2) is 4.57 Å². The summed E-state index contributed by atoms with van der Waals surface area (Å²) in [5.74, 6) is -0.191. The molecule has 0 saturated carbocycles. The number of unbranched alkanes of at least 4 members (excludes halogenated alkanes) is 35. The first-order valence-corrected chi connectivity index (χ1v) is 36.8. The third kappa shape index (κ3) is 66.7. The number of phosphoric acid groups is 1. The number of carbonyl (C=O) groups is 1. The highest BCUT2D eigenvalue weighted by molar-refractivity contribution is 7.47. The number of rotatable bonds is 64. The van der Waals surface area contributed by atoms with Crippen molar-refractivity contribution < 1.29 is 32.9 Å². The van der Waals surface area contributed by atoms with Gasteiger partial charge in [0.05, 0.1) is 39.9 Å². The van der Waals surface area contributed by atoms with Crippen LogP contribution in [0.2, 0.25) is 0 Å². The molecule has 0 rings (SSSR count). The first-order valence-electron chi connectivity index (χ1n) is 35.3. The molecule has 1 amide bonds. The Hall–Kier alpha value is -2.84. The number of amides is 1. The molecule has 9 heteroatoms. The van der Waals surface area contributed by atoms with Crippen molar-refractivity contribution in [3.05, 3.63) is 109 Å². The summed E-state index contributed by atoms with van der Waals surface area (Å²) in [6, 6.07) is -0.874. The molecule has 0 aromatic carbocycles. The van der Waals surface area contributed by atoms with Crippen LogP contribution < -0.4 is 5.32 Å². The molecule has 0 bridgehead atoms. The average molecular weight is 1190 g/mol. The number of hydrogen-bond acceptors (Lipinski definition) is 5. The van der Waals surface area contributed by atoms with Crippen LogP contribution in [0.4, 0.5) is 0 Å². The maximum absolute atomic E-state index is 13.1. The van der Waals surface area contributed by atoms with Crippen LogP contribution in [0.15, 0.2) is 109 Å². The summed E-state index contributed by atoms with van der Waals surface area (Å²) in [6.45, 7) is 4.70. The van der Waals surface area contributed by atoms with Crippen LogP contribution in [-0.2, 0) is 18.4 Å². The second-order valence-corrected chi connectivity index (χ2v) is 26.3. The first kappa shape index (κ1) is 81.2. The topological polar surface area (TPSA) is 105 Å². The Labute approximate surface area is 521 Å². The molecule has 8 nitrogen and oxygen atoms in total. The van der Waals surface area contributed by atoms with Gasteiger partial charge in [-0.05, 0) is 89.9 Å². The highest BCUT2D eigenvalue weighted by Gasteiger charge is 2.28. The summed E-state index contributed by atoms with van der Waals surface area (Å²) in [5, 5.41) is 14.0. The minimum Gasteiger partial charge on any atom is -0.387 e. The first-order chi connectivity index (χ1) is 41.0. The van der Waals surface area contributed by atoms with Crippen LogP contribution in [0.25, 0.3) is 0 Å². The number of likely N-dealkylation sites (N-methyl/N-ethyl adjacent to an activating group) is 1. The van der Waals surface area contributed by atoms with Gasteiger partial charge < -0.3 is 19.8 Å². The molecule has 0 aromatic heterocycles. The summed E-state index contributed by atoms with van der Waals surface area (Å²) in [6.07, 6.45) is 95.2. The fourth-order valence-corrected chi connectivity index (χ4v) is 10.8. The summed E-state index contributed by atoms with van der Waals surface area (Å²) in [4.78, 5) is 23.4. The van der Waals surface area contributed by atoms with Crippen LogP contribution in [0, 0.1) is 0 Å². The van der Waals surface area contributed by atoms with E-state index in [-0.39, 0.29) is 19.1 Å². The van der Waals surface area contributed by atoms with Gasteiger partial charge in [0.25, 0.3) is 0 Å². The molecule has 0 aliphatic carbocycles. The third-order valence-electron chi connectivity index (χ3n) is 15.5. The van der Waals surface area contributed by atoms with Gasteiger partial charge in [-0.1, -0.05) is 322 Å². The summed E-state index contributed by atoms with van der Waals surface area (Å²) in [5.41, 5.74) is 0. The average Bonchev–Trinajstić information content (AvgIpc) is 3.56. The molecule has 0 fully saturated rings. The van der Waals surface area contributed by atoms with E-state index in [1.54, 1.807) is 6.08 Å². The second kappa shape index (κ2) is 64.6. The molecule has 0 aromatic rings. The highest BCUT2D eigenvalue weighted by Crippen LogP contribution is 2.43. The number of phosphoric ester groups is 1. The quantitative estimate of drug-likeness (QED) is 0.0243. The van der Waals surface area contributed by atoms with E-state index in [0.717, 1.165) is 83.5 Å². The molecule has 0 spiro atoms.